The molecule has 1 atom stereocenters. The zero-order chi connectivity index (χ0) is 20.1. The lowest BCUT2D eigenvalue weighted by Crippen LogP contribution is -2.38. The second-order valence-electron chi connectivity index (χ2n) is 7.93. The van der Waals surface area contributed by atoms with Crippen molar-refractivity contribution in [2.45, 2.75) is 51.6 Å². The van der Waals surface area contributed by atoms with Gasteiger partial charge in [-0.15, -0.1) is 0 Å². The first-order chi connectivity index (χ1) is 14.2. The van der Waals surface area contributed by atoms with Gasteiger partial charge < -0.3 is 20.4 Å². The van der Waals surface area contributed by atoms with Crippen LogP contribution in [0, 0.1) is 0 Å². The van der Waals surface area contributed by atoms with Crippen LogP contribution < -0.4 is 20.4 Å². The summed E-state index contributed by atoms with van der Waals surface area (Å²) < 4.78 is 0. The minimum atomic E-state index is 0.501. The van der Waals surface area contributed by atoms with Crippen LogP contribution in [-0.4, -0.2) is 40.8 Å². The van der Waals surface area contributed by atoms with E-state index >= 15 is 0 Å². The minimum Gasteiger partial charge on any atom is -0.358 e. The van der Waals surface area contributed by atoms with E-state index in [1.807, 2.05) is 18.2 Å². The fourth-order valence-electron chi connectivity index (χ4n) is 4.10. The van der Waals surface area contributed by atoms with Gasteiger partial charge in [0.05, 0.1) is 0 Å². The summed E-state index contributed by atoms with van der Waals surface area (Å²) in [6, 6.07) is 12.9. The van der Waals surface area contributed by atoms with Crippen molar-refractivity contribution in [3.63, 3.8) is 0 Å². The van der Waals surface area contributed by atoms with E-state index in [0.717, 1.165) is 31.3 Å². The summed E-state index contributed by atoms with van der Waals surface area (Å²) >= 11 is 5.51. The van der Waals surface area contributed by atoms with Gasteiger partial charge >= 0.3 is 0 Å². The number of anilines is 3. The lowest BCUT2D eigenvalue weighted by atomic mass is 10.0. The van der Waals surface area contributed by atoms with Gasteiger partial charge in [-0.05, 0) is 56.8 Å². The number of rotatable bonds is 5. The van der Waals surface area contributed by atoms with E-state index in [2.05, 4.69) is 45.6 Å². The Morgan fingerprint density at radius 2 is 1.76 bits per heavy atom. The van der Waals surface area contributed by atoms with E-state index in [0.29, 0.717) is 23.6 Å². The summed E-state index contributed by atoms with van der Waals surface area (Å²) in [5.41, 5.74) is 1.19. The van der Waals surface area contributed by atoms with Gasteiger partial charge in [0, 0.05) is 38.3 Å². The van der Waals surface area contributed by atoms with E-state index in [1.165, 1.54) is 37.7 Å². The zero-order valence-electron chi connectivity index (χ0n) is 17.1. The van der Waals surface area contributed by atoms with Crippen LogP contribution in [0.15, 0.2) is 36.4 Å². The molecule has 2 aromatic rings. The maximum Gasteiger partial charge on any atom is 0.232 e. The third-order valence-electron chi connectivity index (χ3n) is 5.75. The lowest BCUT2D eigenvalue weighted by Gasteiger charge is -2.35. The van der Waals surface area contributed by atoms with Crippen LogP contribution in [0.2, 0.25) is 0 Å². The Hall–Kier alpha value is -2.41. The van der Waals surface area contributed by atoms with Gasteiger partial charge in [0.1, 0.15) is 11.6 Å². The van der Waals surface area contributed by atoms with Crippen molar-refractivity contribution in [1.82, 2.24) is 15.3 Å². The van der Waals surface area contributed by atoms with Gasteiger partial charge in [-0.3, -0.25) is 0 Å². The second kappa shape index (κ2) is 9.39. The van der Waals surface area contributed by atoms with Crippen LogP contribution in [0.3, 0.4) is 0 Å². The second-order valence-corrected chi connectivity index (χ2v) is 8.34. The largest absolute Gasteiger partial charge is 0.358 e. The molecule has 6 nitrogen and oxygen atoms in total. The highest BCUT2D eigenvalue weighted by Gasteiger charge is 2.23. The number of aromatic nitrogens is 2. The predicted molar refractivity (Wildman–Crippen MR) is 124 cm³/mol. The average Bonchev–Trinajstić information content (AvgIpc) is 3.28. The van der Waals surface area contributed by atoms with E-state index < -0.39 is 0 Å². The number of thiocarbonyl (C=S) groups is 1. The fraction of sp³-hybridized carbons (Fsp3) is 0.500. The molecule has 2 saturated heterocycles. The van der Waals surface area contributed by atoms with E-state index in [4.69, 9.17) is 22.2 Å². The molecule has 0 saturated carbocycles. The molecule has 2 aliphatic heterocycles. The maximum atomic E-state index is 5.51. The molecular weight excluding hydrogens is 380 g/mol. The number of hydrogen-bond donors (Lipinski definition) is 2. The molecule has 2 N–H and O–H groups in total. The molecule has 2 aliphatic rings. The molecular formula is C22H30N6S. The Kier molecular flexibility index (Phi) is 6.44. The van der Waals surface area contributed by atoms with Crippen molar-refractivity contribution >= 4 is 34.9 Å². The van der Waals surface area contributed by atoms with Gasteiger partial charge in [-0.25, -0.2) is 0 Å². The van der Waals surface area contributed by atoms with Crippen LogP contribution in [0.1, 0.15) is 44.6 Å². The first-order valence-corrected chi connectivity index (χ1v) is 11.1. The summed E-state index contributed by atoms with van der Waals surface area (Å²) in [5, 5.41) is 7.02. The Morgan fingerprint density at radius 1 is 1.03 bits per heavy atom. The molecule has 0 amide bonds. The van der Waals surface area contributed by atoms with Gasteiger partial charge in [-0.1, -0.05) is 30.3 Å². The molecule has 0 unspecified atom stereocenters. The number of piperidine rings is 1. The minimum absolute atomic E-state index is 0.501. The molecule has 4 rings (SSSR count). The van der Waals surface area contributed by atoms with Crippen molar-refractivity contribution in [3.05, 3.63) is 42.0 Å². The van der Waals surface area contributed by atoms with Crippen molar-refractivity contribution in [3.8, 4) is 0 Å². The van der Waals surface area contributed by atoms with E-state index in [-0.39, 0.29) is 0 Å². The summed E-state index contributed by atoms with van der Waals surface area (Å²) in [7, 11) is 0. The molecule has 0 aliphatic carbocycles. The van der Waals surface area contributed by atoms with Crippen molar-refractivity contribution in [1.29, 1.82) is 0 Å². The Labute approximate surface area is 178 Å². The smallest absolute Gasteiger partial charge is 0.232 e. The molecule has 0 bridgehead atoms. The molecule has 3 heterocycles. The molecule has 7 heteroatoms. The van der Waals surface area contributed by atoms with Crippen LogP contribution >= 0.6 is 12.2 Å². The average molecular weight is 411 g/mol. The highest BCUT2D eigenvalue weighted by Crippen LogP contribution is 2.28. The predicted octanol–water partition coefficient (Wildman–Crippen LogP) is 3.94. The summed E-state index contributed by atoms with van der Waals surface area (Å²) in [6.45, 7) is 6.13. The van der Waals surface area contributed by atoms with Crippen LogP contribution in [-0.2, 0) is 6.54 Å². The standard InChI is InChI=1S/C22H30N6S/c1-17-9-5-6-14-28(17)20-15-19(27-12-7-8-13-27)24-21(25-20)26-22(29)23-16-18-10-3-2-4-11-18/h2-4,10-11,15,17H,5-9,12-14,16H2,1H3,(H2,23,24,25,26,29)/t17-/m0/s1. The number of nitrogens with one attached hydrogen (secondary N) is 2. The molecule has 1 aromatic heterocycles. The van der Waals surface area contributed by atoms with Gasteiger partial charge in [-0.2, -0.15) is 9.97 Å². The van der Waals surface area contributed by atoms with Crippen LogP contribution in [0.25, 0.3) is 0 Å². The van der Waals surface area contributed by atoms with E-state index in [1.54, 1.807) is 0 Å². The summed E-state index contributed by atoms with van der Waals surface area (Å²) in [5.74, 6) is 2.58. The molecule has 2 fully saturated rings. The summed E-state index contributed by atoms with van der Waals surface area (Å²) in [6.07, 6.45) is 6.16. The molecule has 29 heavy (non-hydrogen) atoms. The third-order valence-corrected chi connectivity index (χ3v) is 5.99. The Bertz CT molecular complexity index is 821. The molecule has 0 spiro atoms. The van der Waals surface area contributed by atoms with E-state index in [9.17, 15) is 0 Å². The van der Waals surface area contributed by atoms with Crippen molar-refractivity contribution in [2.24, 2.45) is 0 Å². The zero-order valence-corrected chi connectivity index (χ0v) is 17.9. The highest BCUT2D eigenvalue weighted by molar-refractivity contribution is 7.80. The quantitative estimate of drug-likeness (QED) is 0.724. The van der Waals surface area contributed by atoms with Crippen molar-refractivity contribution in [2.75, 3.05) is 34.8 Å². The number of hydrogen-bond acceptors (Lipinski definition) is 5. The molecule has 154 valence electrons. The van der Waals surface area contributed by atoms with Gasteiger partial charge in [0.2, 0.25) is 5.95 Å². The summed E-state index contributed by atoms with van der Waals surface area (Å²) in [4.78, 5) is 14.4. The normalized spacial score (nSPS) is 19.3. The van der Waals surface area contributed by atoms with Gasteiger partial charge in [0.25, 0.3) is 0 Å². The first kappa shape index (κ1) is 19.9. The lowest BCUT2D eigenvalue weighted by molar-refractivity contribution is 0.481. The third kappa shape index (κ3) is 5.15. The monoisotopic (exact) mass is 410 g/mol. The molecule has 1 aromatic carbocycles. The highest BCUT2D eigenvalue weighted by atomic mass is 32.1. The van der Waals surface area contributed by atoms with Crippen LogP contribution in [0.5, 0.6) is 0 Å². The topological polar surface area (TPSA) is 56.3 Å². The Balaban J connectivity index is 1.50. The maximum absolute atomic E-state index is 5.51. The van der Waals surface area contributed by atoms with Crippen molar-refractivity contribution < 1.29 is 0 Å². The SMILES string of the molecule is C[C@H]1CCCCN1c1cc(N2CCCC2)nc(NC(=S)NCc2ccccc2)n1. The fourth-order valence-corrected chi connectivity index (χ4v) is 4.26. The van der Waals surface area contributed by atoms with Crippen LogP contribution in [0.4, 0.5) is 17.6 Å². The molecule has 0 radical (unpaired) electrons. The Morgan fingerprint density at radius 3 is 2.52 bits per heavy atom. The number of nitrogens with zero attached hydrogens (tertiary/aromatic N) is 4. The first-order valence-electron chi connectivity index (χ1n) is 10.7. The van der Waals surface area contributed by atoms with Gasteiger partial charge in [0.15, 0.2) is 5.11 Å². The number of benzene rings is 1.